The fraction of sp³-hybridized carbons (Fsp3) is 0.345. The van der Waals surface area contributed by atoms with Gasteiger partial charge in [-0.25, -0.2) is 0 Å². The Bertz CT molecular complexity index is 1130. The van der Waals surface area contributed by atoms with E-state index in [-0.39, 0.29) is 0 Å². The summed E-state index contributed by atoms with van der Waals surface area (Å²) < 4.78 is 46.3. The molecule has 0 bridgehead atoms. The van der Waals surface area contributed by atoms with Gasteiger partial charge in [0.15, 0.2) is 0 Å². The average molecular weight is 484 g/mol. The standard InChI is InChI=1S/C29H32F3NO2/c1-6-26(2,21-17-19-24(35-5)20-18-21)27(3,22-13-9-7-10-14-22)28(4,23-15-11-8-12-16-23)33-25(34)29(30,31)32/h7-20H,6H2,1-5H3,(H,33,34)/t26-,27+,28+/m0/s1. The second kappa shape index (κ2) is 9.76. The lowest BCUT2D eigenvalue weighted by atomic mass is 9.49. The van der Waals surface area contributed by atoms with Crippen molar-refractivity contribution in [2.24, 2.45) is 0 Å². The first-order chi connectivity index (χ1) is 16.4. The van der Waals surface area contributed by atoms with Gasteiger partial charge in [0.1, 0.15) is 5.75 Å². The first-order valence-corrected chi connectivity index (χ1v) is 11.6. The van der Waals surface area contributed by atoms with Crippen molar-refractivity contribution in [3.05, 3.63) is 102 Å². The Labute approximate surface area is 205 Å². The maximum absolute atomic E-state index is 13.6. The second-order valence-electron chi connectivity index (χ2n) is 9.35. The number of rotatable bonds is 8. The highest BCUT2D eigenvalue weighted by Crippen LogP contribution is 2.56. The Morgan fingerprint density at radius 3 is 1.69 bits per heavy atom. The van der Waals surface area contributed by atoms with Crippen LogP contribution in [0.4, 0.5) is 13.2 Å². The smallest absolute Gasteiger partial charge is 0.471 e. The minimum atomic E-state index is -5.03. The van der Waals surface area contributed by atoms with Crippen molar-refractivity contribution in [1.29, 1.82) is 0 Å². The molecule has 1 amide bonds. The zero-order chi connectivity index (χ0) is 25.9. The molecule has 0 unspecified atom stereocenters. The minimum Gasteiger partial charge on any atom is -0.497 e. The lowest BCUT2D eigenvalue weighted by Crippen LogP contribution is -2.65. The van der Waals surface area contributed by atoms with Gasteiger partial charge in [-0.2, -0.15) is 13.2 Å². The van der Waals surface area contributed by atoms with Crippen LogP contribution in [0, 0.1) is 0 Å². The second-order valence-corrected chi connectivity index (χ2v) is 9.35. The van der Waals surface area contributed by atoms with Crippen molar-refractivity contribution in [3.8, 4) is 5.75 Å². The normalized spacial score (nSPS) is 16.9. The highest BCUT2D eigenvalue weighted by molar-refractivity contribution is 5.83. The third kappa shape index (κ3) is 4.54. The zero-order valence-electron chi connectivity index (χ0n) is 20.7. The molecule has 3 rings (SSSR count). The summed E-state index contributed by atoms with van der Waals surface area (Å²) in [6.45, 7) is 7.70. The van der Waals surface area contributed by atoms with Gasteiger partial charge in [-0.3, -0.25) is 4.79 Å². The summed E-state index contributed by atoms with van der Waals surface area (Å²) in [7, 11) is 1.58. The SMILES string of the molecule is CC[C@@](C)(c1ccc(OC)cc1)[C@@](C)(c1ccccc1)[C@](C)(NC(=O)C(F)(F)F)c1ccccc1. The third-order valence-corrected chi connectivity index (χ3v) is 7.86. The molecular weight excluding hydrogens is 451 g/mol. The molecule has 186 valence electrons. The number of methoxy groups -OCH3 is 1. The summed E-state index contributed by atoms with van der Waals surface area (Å²) >= 11 is 0. The van der Waals surface area contributed by atoms with Gasteiger partial charge < -0.3 is 10.1 Å². The number of hydrogen-bond acceptors (Lipinski definition) is 2. The molecule has 1 N–H and O–H groups in total. The fourth-order valence-electron chi connectivity index (χ4n) is 5.29. The highest BCUT2D eigenvalue weighted by Gasteiger charge is 2.59. The molecule has 0 aromatic heterocycles. The van der Waals surface area contributed by atoms with E-state index in [1.165, 1.54) is 0 Å². The highest BCUT2D eigenvalue weighted by atomic mass is 19.4. The van der Waals surface area contributed by atoms with Crippen molar-refractivity contribution in [2.45, 2.75) is 56.7 Å². The third-order valence-electron chi connectivity index (χ3n) is 7.86. The van der Waals surface area contributed by atoms with Gasteiger partial charge in [0.05, 0.1) is 12.6 Å². The molecule has 0 heterocycles. The van der Waals surface area contributed by atoms with E-state index in [2.05, 4.69) is 5.32 Å². The Kier molecular flexibility index (Phi) is 7.34. The maximum atomic E-state index is 13.6. The molecule has 0 saturated heterocycles. The van der Waals surface area contributed by atoms with E-state index in [1.807, 2.05) is 75.4 Å². The molecule has 3 nitrogen and oxygen atoms in total. The average Bonchev–Trinajstić information content (AvgIpc) is 2.88. The maximum Gasteiger partial charge on any atom is 0.471 e. The van der Waals surface area contributed by atoms with Gasteiger partial charge in [-0.1, -0.05) is 93.6 Å². The monoisotopic (exact) mass is 483 g/mol. The van der Waals surface area contributed by atoms with Gasteiger partial charge in [0, 0.05) is 10.8 Å². The van der Waals surface area contributed by atoms with E-state index in [4.69, 9.17) is 4.74 Å². The molecule has 0 aliphatic carbocycles. The lowest BCUT2D eigenvalue weighted by Gasteiger charge is -2.57. The van der Waals surface area contributed by atoms with Crippen LogP contribution in [0.1, 0.15) is 50.8 Å². The van der Waals surface area contributed by atoms with Gasteiger partial charge in [-0.15, -0.1) is 0 Å². The predicted molar refractivity (Wildman–Crippen MR) is 132 cm³/mol. The van der Waals surface area contributed by atoms with E-state index in [0.717, 1.165) is 11.1 Å². The molecule has 6 heteroatoms. The molecule has 35 heavy (non-hydrogen) atoms. The van der Waals surface area contributed by atoms with Crippen LogP contribution in [0.15, 0.2) is 84.9 Å². The van der Waals surface area contributed by atoms with Crippen molar-refractivity contribution in [2.75, 3.05) is 7.11 Å². The molecule has 0 aliphatic rings. The largest absolute Gasteiger partial charge is 0.497 e. The minimum absolute atomic E-state index is 0.581. The molecule has 3 aromatic rings. The van der Waals surface area contributed by atoms with Crippen molar-refractivity contribution in [3.63, 3.8) is 0 Å². The molecule has 0 saturated carbocycles. The summed E-state index contributed by atoms with van der Waals surface area (Å²) in [5.74, 6) is -1.29. The molecular formula is C29H32F3NO2. The van der Waals surface area contributed by atoms with Gasteiger partial charge in [0.25, 0.3) is 0 Å². The summed E-state index contributed by atoms with van der Waals surface area (Å²) in [6, 6.07) is 25.9. The number of amides is 1. The topological polar surface area (TPSA) is 38.3 Å². The first-order valence-electron chi connectivity index (χ1n) is 11.6. The van der Waals surface area contributed by atoms with Crippen LogP contribution >= 0.6 is 0 Å². The van der Waals surface area contributed by atoms with Gasteiger partial charge in [-0.05, 0) is 42.2 Å². The van der Waals surface area contributed by atoms with E-state index in [1.54, 1.807) is 44.4 Å². The first kappa shape index (κ1) is 26.3. The molecule has 0 radical (unpaired) electrons. The Balaban J connectivity index is 2.39. The summed E-state index contributed by atoms with van der Waals surface area (Å²) in [5, 5.41) is 2.43. The van der Waals surface area contributed by atoms with Gasteiger partial charge in [0.2, 0.25) is 0 Å². The van der Waals surface area contributed by atoms with Crippen LogP contribution in [0.3, 0.4) is 0 Å². The van der Waals surface area contributed by atoms with Crippen LogP contribution in [-0.4, -0.2) is 19.2 Å². The van der Waals surface area contributed by atoms with Crippen molar-refractivity contribution >= 4 is 5.91 Å². The Morgan fingerprint density at radius 1 is 0.771 bits per heavy atom. The molecule has 0 aliphatic heterocycles. The molecule has 0 fully saturated rings. The predicted octanol–water partition coefficient (Wildman–Crippen LogP) is 6.91. The zero-order valence-corrected chi connectivity index (χ0v) is 20.7. The summed E-state index contributed by atoms with van der Waals surface area (Å²) in [6.07, 6.45) is -4.44. The van der Waals surface area contributed by atoms with E-state index < -0.39 is 28.5 Å². The fourth-order valence-corrected chi connectivity index (χ4v) is 5.29. The molecule has 0 spiro atoms. The summed E-state index contributed by atoms with van der Waals surface area (Å²) in [4.78, 5) is 12.5. The number of nitrogens with one attached hydrogen (secondary N) is 1. The Hall–Kier alpha value is -3.28. The van der Waals surface area contributed by atoms with Crippen LogP contribution in [0.25, 0.3) is 0 Å². The van der Waals surface area contributed by atoms with E-state index in [0.29, 0.717) is 17.7 Å². The van der Waals surface area contributed by atoms with Gasteiger partial charge >= 0.3 is 12.1 Å². The van der Waals surface area contributed by atoms with Crippen LogP contribution in [0.5, 0.6) is 5.75 Å². The van der Waals surface area contributed by atoms with E-state index in [9.17, 15) is 18.0 Å². The summed E-state index contributed by atoms with van der Waals surface area (Å²) in [5.41, 5.74) is -0.842. The van der Waals surface area contributed by atoms with Crippen LogP contribution < -0.4 is 10.1 Å². The number of carbonyl (C=O) groups is 1. The van der Waals surface area contributed by atoms with Crippen LogP contribution in [-0.2, 0) is 21.2 Å². The number of benzene rings is 3. The lowest BCUT2D eigenvalue weighted by molar-refractivity contribution is -0.177. The molecule has 3 aromatic carbocycles. The van der Waals surface area contributed by atoms with E-state index >= 15 is 0 Å². The van der Waals surface area contributed by atoms with Crippen LogP contribution in [0.2, 0.25) is 0 Å². The molecule has 3 atom stereocenters. The number of hydrogen-bond donors (Lipinski definition) is 1. The van der Waals surface area contributed by atoms with Crippen molar-refractivity contribution in [1.82, 2.24) is 5.32 Å². The number of ether oxygens (including phenoxy) is 1. The van der Waals surface area contributed by atoms with Crippen molar-refractivity contribution < 1.29 is 22.7 Å². The number of carbonyl (C=O) groups excluding carboxylic acids is 1. The quantitative estimate of drug-likeness (QED) is 0.378. The number of halogens is 3. The number of alkyl halides is 3. The Morgan fingerprint density at radius 2 is 1.26 bits per heavy atom.